The first-order valence-corrected chi connectivity index (χ1v) is 14.6. The Morgan fingerprint density at radius 1 is 1.22 bits per heavy atom. The van der Waals surface area contributed by atoms with E-state index in [1.165, 1.54) is 11.8 Å². The van der Waals surface area contributed by atoms with E-state index in [1.807, 2.05) is 19.1 Å². The van der Waals surface area contributed by atoms with Gasteiger partial charge in [0.15, 0.2) is 0 Å². The van der Waals surface area contributed by atoms with Crippen LogP contribution in [-0.4, -0.2) is 37.1 Å². The lowest BCUT2D eigenvalue weighted by molar-refractivity contribution is -0.122. The quantitative estimate of drug-likeness (QED) is 0.301. The molecule has 1 N–H and O–H groups in total. The van der Waals surface area contributed by atoms with Crippen molar-refractivity contribution in [3.8, 4) is 0 Å². The van der Waals surface area contributed by atoms with Gasteiger partial charge in [-0.15, -0.1) is 0 Å². The molecule has 0 bridgehead atoms. The summed E-state index contributed by atoms with van der Waals surface area (Å²) in [6.07, 6.45) is 12.3. The molecule has 0 aromatic carbocycles. The summed E-state index contributed by atoms with van der Waals surface area (Å²) in [4.78, 5) is 34.1. The highest BCUT2D eigenvalue weighted by molar-refractivity contribution is 8.26. The van der Waals surface area contributed by atoms with Crippen LogP contribution in [0.2, 0.25) is 0 Å². The van der Waals surface area contributed by atoms with Crippen LogP contribution in [0.5, 0.6) is 0 Å². The number of carbonyl (C=O) groups is 1. The highest BCUT2D eigenvalue weighted by atomic mass is 32.2. The summed E-state index contributed by atoms with van der Waals surface area (Å²) in [5.74, 6) is 1.61. The molecule has 2 aromatic heterocycles. The fourth-order valence-corrected chi connectivity index (χ4v) is 6.32. The molecule has 1 aliphatic heterocycles. The maximum Gasteiger partial charge on any atom is 0.267 e. The molecule has 1 unspecified atom stereocenters. The van der Waals surface area contributed by atoms with Crippen molar-refractivity contribution in [3.63, 3.8) is 0 Å². The van der Waals surface area contributed by atoms with E-state index < -0.39 is 0 Å². The number of hydrogen-bond acceptors (Lipinski definition) is 6. The van der Waals surface area contributed by atoms with Crippen molar-refractivity contribution in [2.24, 2.45) is 11.8 Å². The average molecular weight is 527 g/mol. The van der Waals surface area contributed by atoms with Crippen LogP contribution in [0.4, 0.5) is 5.82 Å². The summed E-state index contributed by atoms with van der Waals surface area (Å²) >= 11 is 6.89. The summed E-state index contributed by atoms with van der Waals surface area (Å²) < 4.78 is 2.15. The van der Waals surface area contributed by atoms with Crippen molar-refractivity contribution >= 4 is 51.7 Å². The number of anilines is 1. The summed E-state index contributed by atoms with van der Waals surface area (Å²) in [5.41, 5.74) is 1.83. The van der Waals surface area contributed by atoms with Gasteiger partial charge in [-0.05, 0) is 68.6 Å². The maximum absolute atomic E-state index is 13.7. The Morgan fingerprint density at radius 2 is 1.97 bits per heavy atom. The number of pyridine rings is 1. The molecule has 1 amide bonds. The summed E-state index contributed by atoms with van der Waals surface area (Å²) in [6, 6.07) is 4.10. The lowest BCUT2D eigenvalue weighted by Gasteiger charge is -2.27. The van der Waals surface area contributed by atoms with Gasteiger partial charge in [0, 0.05) is 18.8 Å². The number of rotatable bonds is 9. The number of fused-ring (bicyclic) bond motifs is 1. The van der Waals surface area contributed by atoms with Gasteiger partial charge in [0.2, 0.25) is 0 Å². The second kappa shape index (κ2) is 11.9. The smallest absolute Gasteiger partial charge is 0.267 e. The van der Waals surface area contributed by atoms with E-state index in [1.54, 1.807) is 21.6 Å². The highest BCUT2D eigenvalue weighted by Gasteiger charge is 2.34. The van der Waals surface area contributed by atoms with Gasteiger partial charge in [0.25, 0.3) is 11.5 Å². The second-order valence-electron chi connectivity index (χ2n) is 10.4. The van der Waals surface area contributed by atoms with Gasteiger partial charge >= 0.3 is 0 Å². The molecule has 1 saturated heterocycles. The molecule has 2 fully saturated rings. The third-order valence-corrected chi connectivity index (χ3v) is 8.87. The molecule has 194 valence electrons. The third-order valence-electron chi connectivity index (χ3n) is 7.50. The molecule has 3 heterocycles. The highest BCUT2D eigenvalue weighted by Crippen LogP contribution is 2.35. The summed E-state index contributed by atoms with van der Waals surface area (Å²) in [6.45, 7) is 9.23. The van der Waals surface area contributed by atoms with Crippen LogP contribution in [0.1, 0.15) is 83.3 Å². The Labute approximate surface area is 223 Å². The SMILES string of the molecule is CCCCC(CC)CN1C(=O)C(=Cc2c(NC3CCC(C)CC3)nc3ccc(C)cn3c2=O)SC1=S. The van der Waals surface area contributed by atoms with Crippen LogP contribution < -0.4 is 10.9 Å². The average Bonchev–Trinajstić information content (AvgIpc) is 3.13. The number of aryl methyl sites for hydroxylation is 1. The van der Waals surface area contributed by atoms with Crippen molar-refractivity contribution < 1.29 is 4.79 Å². The Kier molecular flexibility index (Phi) is 8.88. The van der Waals surface area contributed by atoms with Crippen LogP contribution in [-0.2, 0) is 4.79 Å². The molecule has 1 atom stereocenters. The molecule has 4 rings (SSSR count). The van der Waals surface area contributed by atoms with E-state index in [9.17, 15) is 9.59 Å². The predicted octanol–water partition coefficient (Wildman–Crippen LogP) is 6.41. The first kappa shape index (κ1) is 26.9. The van der Waals surface area contributed by atoms with E-state index in [0.717, 1.165) is 62.8 Å². The first-order chi connectivity index (χ1) is 17.3. The molecular weight excluding hydrogens is 488 g/mol. The minimum atomic E-state index is -0.171. The van der Waals surface area contributed by atoms with E-state index in [4.69, 9.17) is 17.2 Å². The third kappa shape index (κ3) is 6.02. The lowest BCUT2D eigenvalue weighted by atomic mass is 9.87. The Bertz CT molecular complexity index is 1210. The van der Waals surface area contributed by atoms with Crippen molar-refractivity contribution in [3.05, 3.63) is 44.7 Å². The minimum absolute atomic E-state index is 0.105. The molecule has 1 saturated carbocycles. The number of hydrogen-bond donors (Lipinski definition) is 1. The van der Waals surface area contributed by atoms with Crippen LogP contribution in [0, 0.1) is 18.8 Å². The number of unbranched alkanes of at least 4 members (excludes halogenated alkanes) is 1. The topological polar surface area (TPSA) is 66.7 Å². The number of thiocarbonyl (C=S) groups is 1. The van der Waals surface area contributed by atoms with Crippen molar-refractivity contribution in [2.75, 3.05) is 11.9 Å². The zero-order chi connectivity index (χ0) is 25.8. The number of amides is 1. The Balaban J connectivity index is 1.68. The molecule has 1 aliphatic carbocycles. The number of nitrogens with zero attached hydrogens (tertiary/aromatic N) is 3. The van der Waals surface area contributed by atoms with Gasteiger partial charge < -0.3 is 5.32 Å². The normalized spacial score (nSPS) is 22.6. The van der Waals surface area contributed by atoms with Crippen molar-refractivity contribution in [1.82, 2.24) is 14.3 Å². The van der Waals surface area contributed by atoms with Gasteiger partial charge in [-0.25, -0.2) is 4.98 Å². The number of thioether (sulfide) groups is 1. The number of nitrogens with one attached hydrogen (secondary N) is 1. The molecule has 6 nitrogen and oxygen atoms in total. The number of aromatic nitrogens is 2. The Morgan fingerprint density at radius 3 is 2.67 bits per heavy atom. The van der Waals surface area contributed by atoms with E-state index in [0.29, 0.717) is 38.7 Å². The summed E-state index contributed by atoms with van der Waals surface area (Å²) in [7, 11) is 0. The molecule has 0 spiro atoms. The lowest BCUT2D eigenvalue weighted by Crippen LogP contribution is -2.33. The molecular formula is C28H38N4O2S2. The monoisotopic (exact) mass is 526 g/mol. The fraction of sp³-hybridized carbons (Fsp3) is 0.571. The second-order valence-corrected chi connectivity index (χ2v) is 12.1. The standard InChI is InChI=1S/C28H38N4O2S2/c1-5-7-8-20(6-2)17-32-27(34)23(36-28(32)35)15-22-25(29-21-12-9-18(3)10-13-21)30-24-14-11-19(4)16-31(24)26(22)33/h11,14-16,18,20-21,29H,5-10,12-13,17H2,1-4H3. The summed E-state index contributed by atoms with van der Waals surface area (Å²) in [5, 5.41) is 3.56. The molecule has 36 heavy (non-hydrogen) atoms. The van der Waals surface area contributed by atoms with Gasteiger partial charge in [-0.3, -0.25) is 18.9 Å². The largest absolute Gasteiger partial charge is 0.367 e. The van der Waals surface area contributed by atoms with Crippen LogP contribution in [0.15, 0.2) is 28.0 Å². The molecule has 0 radical (unpaired) electrons. The van der Waals surface area contributed by atoms with Crippen molar-refractivity contribution in [2.45, 2.75) is 85.1 Å². The van der Waals surface area contributed by atoms with Crippen LogP contribution >= 0.6 is 24.0 Å². The predicted molar refractivity (Wildman–Crippen MR) is 154 cm³/mol. The van der Waals surface area contributed by atoms with E-state index >= 15 is 0 Å². The van der Waals surface area contributed by atoms with Crippen LogP contribution in [0.3, 0.4) is 0 Å². The van der Waals surface area contributed by atoms with Gasteiger partial charge in [0.1, 0.15) is 15.8 Å². The first-order valence-electron chi connectivity index (χ1n) is 13.4. The van der Waals surface area contributed by atoms with Gasteiger partial charge in [-0.2, -0.15) is 0 Å². The van der Waals surface area contributed by atoms with E-state index in [2.05, 4.69) is 26.1 Å². The van der Waals surface area contributed by atoms with Crippen molar-refractivity contribution in [1.29, 1.82) is 0 Å². The molecule has 2 aliphatic rings. The Hall–Kier alpha value is -2.19. The van der Waals surface area contributed by atoms with E-state index in [-0.39, 0.29) is 17.5 Å². The number of carbonyl (C=O) groups excluding carboxylic acids is 1. The van der Waals surface area contributed by atoms with Gasteiger partial charge in [0.05, 0.1) is 10.5 Å². The van der Waals surface area contributed by atoms with Gasteiger partial charge in [-0.1, -0.05) is 70.1 Å². The zero-order valence-corrected chi connectivity index (χ0v) is 23.5. The zero-order valence-electron chi connectivity index (χ0n) is 21.9. The fourth-order valence-electron chi connectivity index (χ4n) is 5.06. The molecule has 2 aromatic rings. The minimum Gasteiger partial charge on any atom is -0.367 e. The van der Waals surface area contributed by atoms with Crippen LogP contribution in [0.25, 0.3) is 11.7 Å². The molecule has 8 heteroatoms. The maximum atomic E-state index is 13.7.